The van der Waals surface area contributed by atoms with Gasteiger partial charge in [-0.25, -0.2) is 9.97 Å². The summed E-state index contributed by atoms with van der Waals surface area (Å²) in [5.41, 5.74) is 7.45. The van der Waals surface area contributed by atoms with E-state index >= 15 is 0 Å². The number of ether oxygens (including phenoxy) is 1. The lowest BCUT2D eigenvalue weighted by Crippen LogP contribution is -2.49. The van der Waals surface area contributed by atoms with Crippen molar-refractivity contribution in [3.63, 3.8) is 0 Å². The van der Waals surface area contributed by atoms with Crippen LogP contribution in [0.5, 0.6) is 0 Å². The van der Waals surface area contributed by atoms with Gasteiger partial charge in [-0.2, -0.15) is 0 Å². The third kappa shape index (κ3) is 5.45. The number of fused-ring (bicyclic) bond motifs is 1. The fourth-order valence-electron chi connectivity index (χ4n) is 5.25. The van der Waals surface area contributed by atoms with Crippen LogP contribution in [0.2, 0.25) is 5.02 Å². The highest BCUT2D eigenvalue weighted by Crippen LogP contribution is 2.35. The summed E-state index contributed by atoms with van der Waals surface area (Å²) < 4.78 is 16.1. The molecule has 0 unspecified atom stereocenters. The molecule has 2 aliphatic rings. The Bertz CT molecular complexity index is 1610. The maximum absolute atomic E-state index is 13.5. The molecule has 6 rings (SSSR count). The first-order valence-electron chi connectivity index (χ1n) is 13.1. The minimum absolute atomic E-state index is 0.0183. The second-order valence-electron chi connectivity index (χ2n) is 9.91. The van der Waals surface area contributed by atoms with Crippen molar-refractivity contribution < 1.29 is 28.1 Å². The van der Waals surface area contributed by atoms with Crippen LogP contribution in [-0.2, 0) is 14.3 Å². The number of aromatic nitrogens is 3. The lowest BCUT2D eigenvalue weighted by atomic mass is 9.84. The third-order valence-corrected chi connectivity index (χ3v) is 7.59. The predicted molar refractivity (Wildman–Crippen MR) is 148 cm³/mol. The van der Waals surface area contributed by atoms with Gasteiger partial charge >= 0.3 is 0 Å². The number of carbonyl (C=O) groups excluding carboxylic acids is 3. The molecule has 5 heterocycles. The fraction of sp³-hybridized carbons (Fsp3) is 0.333. The number of hydrogen-bond donors (Lipinski definition) is 3. The van der Waals surface area contributed by atoms with Gasteiger partial charge < -0.3 is 34.9 Å². The molecule has 13 nitrogen and oxygen atoms in total. The van der Waals surface area contributed by atoms with E-state index in [0.717, 1.165) is 0 Å². The Hall–Kier alpha value is -4.49. The normalized spacial score (nSPS) is 19.3. The molecule has 0 spiro atoms. The largest absolute Gasteiger partial charge is 0.447 e. The number of carbonyl (C=O) groups is 3. The van der Waals surface area contributed by atoms with Crippen LogP contribution in [0.3, 0.4) is 0 Å². The molecule has 41 heavy (non-hydrogen) atoms. The topological polar surface area (TPSA) is 179 Å². The quantitative estimate of drug-likeness (QED) is 0.305. The highest BCUT2D eigenvalue weighted by Gasteiger charge is 2.34. The fourth-order valence-corrected chi connectivity index (χ4v) is 5.36. The lowest BCUT2D eigenvalue weighted by molar-refractivity contribution is -0.146. The lowest BCUT2D eigenvalue weighted by Gasteiger charge is -2.38. The van der Waals surface area contributed by atoms with Crippen molar-refractivity contribution in [2.24, 2.45) is 5.92 Å². The summed E-state index contributed by atoms with van der Waals surface area (Å²) >= 11 is 5.91. The van der Waals surface area contributed by atoms with Crippen molar-refractivity contribution in [2.45, 2.75) is 31.7 Å². The number of halogens is 1. The number of nitrogens with one attached hydrogen (secondary N) is 2. The number of morpholine rings is 1. The highest BCUT2D eigenvalue weighted by atomic mass is 35.5. The van der Waals surface area contributed by atoms with Crippen molar-refractivity contribution in [1.29, 1.82) is 0 Å². The summed E-state index contributed by atoms with van der Waals surface area (Å²) in [6, 6.07) is 6.49. The molecule has 4 N–H and O–H groups in total. The minimum Gasteiger partial charge on any atom is -0.447 e. The standard InChI is InChI=1S/C27H26ClN7O6/c28-15-3-8-20(30-11-15)32-27(38)24-23(22-19(41-24)7-6-18(31-22)17-12-40-34-25(17)29)33-26(37)14-1-4-16(5-2-14)35-9-10-39-13-21(35)36/h3,6-8,11-12,14,16H,1-2,4-5,9-10,13H2,(H2,29,34)(H,33,37)(H,30,32,38)/t14-,16-. The number of furan rings is 1. The number of hydrogen-bond acceptors (Lipinski definition) is 10. The van der Waals surface area contributed by atoms with Crippen LogP contribution in [0, 0.1) is 5.92 Å². The van der Waals surface area contributed by atoms with Gasteiger partial charge in [-0.15, -0.1) is 0 Å². The van der Waals surface area contributed by atoms with Gasteiger partial charge in [0.15, 0.2) is 11.4 Å². The second kappa shape index (κ2) is 11.2. The van der Waals surface area contributed by atoms with E-state index < -0.39 is 5.91 Å². The van der Waals surface area contributed by atoms with Crippen molar-refractivity contribution in [2.75, 3.05) is 36.1 Å². The molecule has 1 saturated carbocycles. The van der Waals surface area contributed by atoms with Crippen molar-refractivity contribution in [3.8, 4) is 11.3 Å². The molecule has 14 heteroatoms. The summed E-state index contributed by atoms with van der Waals surface area (Å²) in [6.45, 7) is 1.18. The zero-order chi connectivity index (χ0) is 28.5. The second-order valence-corrected chi connectivity index (χ2v) is 10.3. The first kappa shape index (κ1) is 26.7. The van der Waals surface area contributed by atoms with Gasteiger partial charge in [-0.05, 0) is 49.9 Å². The molecule has 0 atom stereocenters. The Balaban J connectivity index is 1.27. The first-order chi connectivity index (χ1) is 19.9. The van der Waals surface area contributed by atoms with Gasteiger partial charge in [0.1, 0.15) is 29.9 Å². The minimum atomic E-state index is -0.631. The van der Waals surface area contributed by atoms with Crippen molar-refractivity contribution in [3.05, 3.63) is 47.5 Å². The van der Waals surface area contributed by atoms with E-state index in [2.05, 4.69) is 25.8 Å². The van der Waals surface area contributed by atoms with Gasteiger partial charge in [-0.3, -0.25) is 14.4 Å². The average molecular weight is 580 g/mol. The van der Waals surface area contributed by atoms with E-state index in [0.29, 0.717) is 55.1 Å². The summed E-state index contributed by atoms with van der Waals surface area (Å²) in [6.07, 6.45) is 5.32. The van der Waals surface area contributed by atoms with E-state index in [9.17, 15) is 14.4 Å². The van der Waals surface area contributed by atoms with Crippen molar-refractivity contribution >= 4 is 57.7 Å². The molecule has 212 valence electrons. The van der Waals surface area contributed by atoms with Gasteiger partial charge in [0, 0.05) is 24.7 Å². The van der Waals surface area contributed by atoms with Crippen LogP contribution >= 0.6 is 11.6 Å². The molecule has 0 aromatic carbocycles. The number of nitrogen functional groups attached to an aromatic ring is 1. The van der Waals surface area contributed by atoms with Gasteiger partial charge in [0.25, 0.3) is 5.91 Å². The monoisotopic (exact) mass is 579 g/mol. The van der Waals surface area contributed by atoms with Crippen molar-refractivity contribution in [1.82, 2.24) is 20.0 Å². The average Bonchev–Trinajstić information content (AvgIpc) is 3.57. The van der Waals surface area contributed by atoms with E-state index in [1.807, 2.05) is 4.90 Å². The molecule has 3 amide bonds. The zero-order valence-electron chi connectivity index (χ0n) is 21.8. The van der Waals surface area contributed by atoms with E-state index in [4.69, 9.17) is 31.0 Å². The Kier molecular flexibility index (Phi) is 7.28. The Morgan fingerprint density at radius 3 is 2.63 bits per heavy atom. The molecule has 1 aliphatic carbocycles. The first-order valence-corrected chi connectivity index (χ1v) is 13.5. The van der Waals surface area contributed by atoms with E-state index in [1.165, 1.54) is 12.5 Å². The molecule has 2 fully saturated rings. The number of pyridine rings is 2. The number of nitrogens with two attached hydrogens (primary N) is 1. The Morgan fingerprint density at radius 1 is 1.10 bits per heavy atom. The van der Waals surface area contributed by atoms with Crippen LogP contribution in [0.1, 0.15) is 36.2 Å². The number of rotatable bonds is 6. The molecule has 4 aromatic heterocycles. The van der Waals surface area contributed by atoms with Gasteiger partial charge in [0.2, 0.25) is 17.6 Å². The summed E-state index contributed by atoms with van der Waals surface area (Å²) in [5, 5.41) is 9.67. The molecular formula is C27H26ClN7O6. The van der Waals surface area contributed by atoms with Crippen LogP contribution < -0.4 is 16.4 Å². The number of amides is 3. The summed E-state index contributed by atoms with van der Waals surface area (Å²) in [5.74, 6) is -0.982. The molecule has 1 saturated heterocycles. The summed E-state index contributed by atoms with van der Waals surface area (Å²) in [4.78, 5) is 49.7. The Morgan fingerprint density at radius 2 is 1.93 bits per heavy atom. The SMILES string of the molecule is Nc1nocc1-c1ccc2oc(C(=O)Nc3ccc(Cl)cn3)c(NC(=O)[C@H]3CC[C@H](N4CCOCC4=O)CC3)c2n1. The van der Waals surface area contributed by atoms with Crippen LogP contribution in [0.4, 0.5) is 17.3 Å². The maximum atomic E-state index is 13.5. The maximum Gasteiger partial charge on any atom is 0.294 e. The predicted octanol–water partition coefficient (Wildman–Crippen LogP) is 3.72. The summed E-state index contributed by atoms with van der Waals surface area (Å²) in [7, 11) is 0. The van der Waals surface area contributed by atoms with Crippen LogP contribution in [-0.4, -0.2) is 63.5 Å². The number of nitrogens with zero attached hydrogens (tertiary/aromatic N) is 4. The zero-order valence-corrected chi connectivity index (χ0v) is 22.5. The van der Waals surface area contributed by atoms with Crippen LogP contribution in [0.15, 0.2) is 45.7 Å². The number of anilines is 3. The van der Waals surface area contributed by atoms with E-state index in [-0.39, 0.29) is 64.6 Å². The molecular weight excluding hydrogens is 554 g/mol. The van der Waals surface area contributed by atoms with Crippen LogP contribution in [0.25, 0.3) is 22.4 Å². The molecule has 4 aromatic rings. The van der Waals surface area contributed by atoms with Gasteiger partial charge in [-0.1, -0.05) is 16.8 Å². The highest BCUT2D eigenvalue weighted by molar-refractivity contribution is 6.30. The smallest absolute Gasteiger partial charge is 0.294 e. The van der Waals surface area contributed by atoms with E-state index in [1.54, 1.807) is 24.3 Å². The van der Waals surface area contributed by atoms with Gasteiger partial charge in [0.05, 0.1) is 22.9 Å². The molecule has 1 aliphatic heterocycles. The molecule has 0 radical (unpaired) electrons. The Labute approximate surface area is 238 Å². The molecule has 0 bridgehead atoms. The third-order valence-electron chi connectivity index (χ3n) is 7.36.